The van der Waals surface area contributed by atoms with Crippen LogP contribution in [0.1, 0.15) is 26.0 Å². The van der Waals surface area contributed by atoms with Crippen LogP contribution < -0.4 is 5.73 Å². The smallest absolute Gasteiger partial charge is 0.180 e. The molecular weight excluding hydrogens is 214 g/mol. The molecule has 5 heteroatoms. The van der Waals surface area contributed by atoms with Gasteiger partial charge in [-0.25, -0.2) is 9.97 Å². The molecule has 0 radical (unpaired) electrons. The monoisotopic (exact) mass is 231 g/mol. The largest absolute Gasteiger partial charge is 0.384 e. The van der Waals surface area contributed by atoms with Gasteiger partial charge in [-0.3, -0.25) is 4.68 Å². The van der Waals surface area contributed by atoms with E-state index in [9.17, 15) is 0 Å². The van der Waals surface area contributed by atoms with Crippen LogP contribution in [0, 0.1) is 0 Å². The Morgan fingerprint density at radius 3 is 2.82 bits per heavy atom. The molecule has 2 N–H and O–H groups in total. The van der Waals surface area contributed by atoms with E-state index in [4.69, 9.17) is 5.73 Å². The van der Waals surface area contributed by atoms with Crippen LogP contribution in [0.15, 0.2) is 18.3 Å². The summed E-state index contributed by atoms with van der Waals surface area (Å²) in [7, 11) is 0. The summed E-state index contributed by atoms with van der Waals surface area (Å²) < 4.78 is 1.91. The maximum Gasteiger partial charge on any atom is 0.180 e. The molecule has 0 aliphatic heterocycles. The number of aryl methyl sites for hydroxylation is 2. The minimum Gasteiger partial charge on any atom is -0.384 e. The predicted molar refractivity (Wildman–Crippen MR) is 67.3 cm³/mol. The number of anilines is 1. The van der Waals surface area contributed by atoms with Crippen LogP contribution in [0.5, 0.6) is 0 Å². The van der Waals surface area contributed by atoms with Crippen molar-refractivity contribution in [3.8, 4) is 11.5 Å². The quantitative estimate of drug-likeness (QED) is 0.872. The first-order valence-corrected chi connectivity index (χ1v) is 5.90. The average Bonchev–Trinajstić information content (AvgIpc) is 2.77. The van der Waals surface area contributed by atoms with Crippen molar-refractivity contribution >= 4 is 5.82 Å². The highest BCUT2D eigenvalue weighted by Crippen LogP contribution is 2.17. The minimum atomic E-state index is 0.510. The van der Waals surface area contributed by atoms with E-state index in [0.29, 0.717) is 11.6 Å². The Labute approximate surface area is 101 Å². The highest BCUT2D eigenvalue weighted by molar-refractivity contribution is 5.52. The summed E-state index contributed by atoms with van der Waals surface area (Å²) in [5.41, 5.74) is 7.66. The Hall–Kier alpha value is -1.91. The third-order valence-corrected chi connectivity index (χ3v) is 2.54. The van der Waals surface area contributed by atoms with Gasteiger partial charge in [0, 0.05) is 24.5 Å². The molecule has 0 saturated carbocycles. The zero-order chi connectivity index (χ0) is 12.3. The summed E-state index contributed by atoms with van der Waals surface area (Å²) in [4.78, 5) is 8.76. The lowest BCUT2D eigenvalue weighted by Gasteiger charge is -2.07. The van der Waals surface area contributed by atoms with Crippen molar-refractivity contribution in [1.82, 2.24) is 19.7 Å². The van der Waals surface area contributed by atoms with Gasteiger partial charge in [0.2, 0.25) is 0 Å². The van der Waals surface area contributed by atoms with E-state index in [2.05, 4.69) is 28.9 Å². The molecule has 0 aliphatic carbocycles. The highest BCUT2D eigenvalue weighted by atomic mass is 15.3. The van der Waals surface area contributed by atoms with Gasteiger partial charge in [-0.15, -0.1) is 0 Å². The van der Waals surface area contributed by atoms with Crippen LogP contribution in [0.25, 0.3) is 11.5 Å². The lowest BCUT2D eigenvalue weighted by molar-refractivity contribution is 0.606. The molecule has 0 spiro atoms. The highest BCUT2D eigenvalue weighted by Gasteiger charge is 2.09. The molecule has 0 fully saturated rings. The molecule has 0 aromatic carbocycles. The second-order valence-electron chi connectivity index (χ2n) is 3.90. The molecule has 0 saturated heterocycles. The minimum absolute atomic E-state index is 0.510. The van der Waals surface area contributed by atoms with E-state index >= 15 is 0 Å². The first-order chi connectivity index (χ1) is 8.24. The van der Waals surface area contributed by atoms with Crippen molar-refractivity contribution in [3.63, 3.8) is 0 Å². The normalized spacial score (nSPS) is 10.7. The first-order valence-electron chi connectivity index (χ1n) is 5.90. The molecule has 0 unspecified atom stereocenters. The average molecular weight is 231 g/mol. The van der Waals surface area contributed by atoms with Gasteiger partial charge < -0.3 is 5.73 Å². The summed E-state index contributed by atoms with van der Waals surface area (Å²) in [5.74, 6) is 1.17. The van der Waals surface area contributed by atoms with Gasteiger partial charge in [0.05, 0.1) is 0 Å². The molecule has 90 valence electrons. The molecule has 0 amide bonds. The SMILES string of the molecule is CCCn1nccc1-c1nc(N)cc(CC)n1. The van der Waals surface area contributed by atoms with Crippen LogP contribution >= 0.6 is 0 Å². The fraction of sp³-hybridized carbons (Fsp3) is 0.417. The van der Waals surface area contributed by atoms with Crippen molar-refractivity contribution in [3.05, 3.63) is 24.0 Å². The van der Waals surface area contributed by atoms with Crippen molar-refractivity contribution in [2.24, 2.45) is 0 Å². The second-order valence-corrected chi connectivity index (χ2v) is 3.90. The Balaban J connectivity index is 2.44. The standard InChI is InChI=1S/C12H17N5/c1-3-7-17-10(5-6-14-17)12-15-9(4-2)8-11(13)16-12/h5-6,8H,3-4,7H2,1-2H3,(H2,13,15,16). The second kappa shape index (κ2) is 4.95. The fourth-order valence-electron chi connectivity index (χ4n) is 1.73. The van der Waals surface area contributed by atoms with Gasteiger partial charge in [-0.05, 0) is 18.9 Å². The number of aromatic nitrogens is 4. The van der Waals surface area contributed by atoms with E-state index in [1.165, 1.54) is 0 Å². The number of hydrogen-bond acceptors (Lipinski definition) is 4. The number of nitrogen functional groups attached to an aromatic ring is 1. The van der Waals surface area contributed by atoms with Crippen LogP contribution in [0.3, 0.4) is 0 Å². The summed E-state index contributed by atoms with van der Waals surface area (Å²) in [5, 5.41) is 4.26. The molecule has 0 aliphatic rings. The summed E-state index contributed by atoms with van der Waals surface area (Å²) >= 11 is 0. The zero-order valence-electron chi connectivity index (χ0n) is 10.2. The molecule has 2 heterocycles. The molecule has 0 atom stereocenters. The first kappa shape index (κ1) is 11.6. The third kappa shape index (κ3) is 2.43. The van der Waals surface area contributed by atoms with Crippen molar-refractivity contribution in [1.29, 1.82) is 0 Å². The van der Waals surface area contributed by atoms with E-state index in [0.717, 1.165) is 30.8 Å². The van der Waals surface area contributed by atoms with Crippen LogP contribution in [0.4, 0.5) is 5.82 Å². The van der Waals surface area contributed by atoms with Gasteiger partial charge in [0.1, 0.15) is 11.5 Å². The zero-order valence-corrected chi connectivity index (χ0v) is 10.2. The van der Waals surface area contributed by atoms with E-state index in [-0.39, 0.29) is 0 Å². The molecule has 17 heavy (non-hydrogen) atoms. The van der Waals surface area contributed by atoms with Crippen molar-refractivity contribution in [2.45, 2.75) is 33.2 Å². The van der Waals surface area contributed by atoms with Gasteiger partial charge in [0.25, 0.3) is 0 Å². The van der Waals surface area contributed by atoms with Gasteiger partial charge >= 0.3 is 0 Å². The maximum absolute atomic E-state index is 5.78. The summed E-state index contributed by atoms with van der Waals surface area (Å²) in [6, 6.07) is 3.73. The third-order valence-electron chi connectivity index (χ3n) is 2.54. The Morgan fingerprint density at radius 1 is 1.29 bits per heavy atom. The Kier molecular flexibility index (Phi) is 3.37. The summed E-state index contributed by atoms with van der Waals surface area (Å²) in [6.45, 7) is 5.03. The van der Waals surface area contributed by atoms with Gasteiger partial charge in [-0.2, -0.15) is 5.10 Å². The lowest BCUT2D eigenvalue weighted by Crippen LogP contribution is -2.05. The lowest BCUT2D eigenvalue weighted by atomic mass is 10.3. The Bertz CT molecular complexity index is 503. The van der Waals surface area contributed by atoms with Crippen molar-refractivity contribution in [2.75, 3.05) is 5.73 Å². The number of rotatable bonds is 4. The molecule has 2 aromatic rings. The fourth-order valence-corrected chi connectivity index (χ4v) is 1.73. The summed E-state index contributed by atoms with van der Waals surface area (Å²) in [6.07, 6.45) is 3.64. The molecule has 0 bridgehead atoms. The van der Waals surface area contributed by atoms with E-state index in [1.54, 1.807) is 6.20 Å². The Morgan fingerprint density at radius 2 is 2.12 bits per heavy atom. The molecule has 2 aromatic heterocycles. The number of nitrogens with zero attached hydrogens (tertiary/aromatic N) is 4. The van der Waals surface area contributed by atoms with Crippen LogP contribution in [0.2, 0.25) is 0 Å². The maximum atomic E-state index is 5.78. The van der Waals surface area contributed by atoms with Crippen LogP contribution in [-0.4, -0.2) is 19.7 Å². The topological polar surface area (TPSA) is 69.6 Å². The van der Waals surface area contributed by atoms with Gasteiger partial charge in [0.15, 0.2) is 5.82 Å². The number of hydrogen-bond donors (Lipinski definition) is 1. The van der Waals surface area contributed by atoms with E-state index in [1.807, 2.05) is 16.8 Å². The van der Waals surface area contributed by atoms with Gasteiger partial charge in [-0.1, -0.05) is 13.8 Å². The predicted octanol–water partition coefficient (Wildman–Crippen LogP) is 1.89. The van der Waals surface area contributed by atoms with Crippen LogP contribution in [-0.2, 0) is 13.0 Å². The molecule has 2 rings (SSSR count). The van der Waals surface area contributed by atoms with Crippen molar-refractivity contribution < 1.29 is 0 Å². The molecule has 5 nitrogen and oxygen atoms in total. The van der Waals surface area contributed by atoms with E-state index < -0.39 is 0 Å². The molecular formula is C12H17N5. The number of nitrogens with two attached hydrogens (primary N) is 1.